The Hall–Kier alpha value is -6.10. The zero-order valence-corrected chi connectivity index (χ0v) is 36.2. The lowest BCUT2D eigenvalue weighted by molar-refractivity contribution is -0.140. The van der Waals surface area contributed by atoms with Gasteiger partial charge in [0, 0.05) is 76.5 Å². The molecule has 0 radical (unpaired) electrons. The summed E-state index contributed by atoms with van der Waals surface area (Å²) in [5.74, 6) is 3.85. The minimum atomic E-state index is -0.783. The van der Waals surface area contributed by atoms with E-state index in [1.165, 1.54) is 0 Å². The largest absolute Gasteiger partial charge is 0.481 e. The highest BCUT2D eigenvalue weighted by Crippen LogP contribution is 2.41. The average Bonchev–Trinajstić information content (AvgIpc) is 4.03. The topological polar surface area (TPSA) is 207 Å². The highest BCUT2D eigenvalue weighted by molar-refractivity contribution is 6.12. The smallest absolute Gasteiger partial charge is 0.303 e. The number of nitrogens with two attached hydrogens (primary N) is 1. The number of aliphatic imine (C=N–C) groups is 2. The number of hydrogen-bond donors (Lipinski definition) is 3. The molecule has 0 aliphatic carbocycles. The van der Waals surface area contributed by atoms with Crippen LogP contribution < -0.4 is 30.7 Å². The normalized spacial score (nSPS) is 22.9. The predicted molar refractivity (Wildman–Crippen MR) is 240 cm³/mol. The van der Waals surface area contributed by atoms with Crippen LogP contribution in [0.1, 0.15) is 111 Å². The lowest BCUT2D eigenvalue weighted by atomic mass is 9.76. The van der Waals surface area contributed by atoms with Crippen molar-refractivity contribution in [2.24, 2.45) is 26.5 Å². The molecule has 2 atom stereocenters. The highest BCUT2D eigenvalue weighted by atomic mass is 16.4. The number of hydrogen-bond acceptors (Lipinski definition) is 15. The van der Waals surface area contributed by atoms with Crippen molar-refractivity contribution in [2.45, 2.75) is 90.1 Å². The Morgan fingerprint density at radius 3 is 1.73 bits per heavy atom. The van der Waals surface area contributed by atoms with Gasteiger partial charge in [0.15, 0.2) is 11.7 Å². The molecule has 4 N–H and O–H groups in total. The summed E-state index contributed by atoms with van der Waals surface area (Å²) >= 11 is 0. The summed E-state index contributed by atoms with van der Waals surface area (Å²) in [5, 5.41) is 12.3. The van der Waals surface area contributed by atoms with Crippen molar-refractivity contribution < 1.29 is 14.7 Å². The van der Waals surface area contributed by atoms with E-state index in [9.17, 15) is 14.7 Å². The molecule has 4 aromatic heterocycles. The number of carboxylic acids is 1. The fourth-order valence-electron chi connectivity index (χ4n) is 10.5. The van der Waals surface area contributed by atoms with E-state index in [1.54, 1.807) is 0 Å². The van der Waals surface area contributed by atoms with Gasteiger partial charge in [-0.15, -0.1) is 0 Å². The number of carbonyl (C=O) groups is 2. The lowest BCUT2D eigenvalue weighted by Gasteiger charge is -2.40. The van der Waals surface area contributed by atoms with Crippen LogP contribution in [0.3, 0.4) is 0 Å². The molecule has 7 aliphatic rings. The van der Waals surface area contributed by atoms with E-state index in [0.29, 0.717) is 37.9 Å². The molecular formula is C46H56N14O3. The number of carboxylic acid groups (broad SMARTS) is 1. The number of nitrogens with zero attached hydrogens (tertiary/aromatic N) is 12. The van der Waals surface area contributed by atoms with E-state index in [-0.39, 0.29) is 23.2 Å². The van der Waals surface area contributed by atoms with Crippen LogP contribution in [0.25, 0.3) is 0 Å². The minimum absolute atomic E-state index is 0.120. The molecule has 2 unspecified atom stereocenters. The first-order valence-corrected chi connectivity index (χ1v) is 22.6. The van der Waals surface area contributed by atoms with Crippen LogP contribution >= 0.6 is 0 Å². The van der Waals surface area contributed by atoms with Crippen LogP contribution in [0.2, 0.25) is 0 Å². The van der Waals surface area contributed by atoms with E-state index in [0.717, 1.165) is 153 Å². The van der Waals surface area contributed by atoms with E-state index < -0.39 is 5.97 Å². The number of rotatable bonds is 5. The predicted octanol–water partition coefficient (Wildman–Crippen LogP) is 4.42. The van der Waals surface area contributed by atoms with Crippen molar-refractivity contribution in [2.75, 3.05) is 72.0 Å². The van der Waals surface area contributed by atoms with Gasteiger partial charge in [-0.25, -0.2) is 19.9 Å². The van der Waals surface area contributed by atoms with Crippen LogP contribution in [0.15, 0.2) is 59.0 Å². The molecule has 3 saturated heterocycles. The zero-order valence-electron chi connectivity index (χ0n) is 36.2. The van der Waals surface area contributed by atoms with E-state index in [1.807, 2.05) is 36.9 Å². The first-order chi connectivity index (χ1) is 30.6. The van der Waals surface area contributed by atoms with Gasteiger partial charge < -0.3 is 35.8 Å². The Kier molecular flexibility index (Phi) is 10.8. The second-order valence-corrected chi connectivity index (χ2v) is 18.5. The first kappa shape index (κ1) is 40.9. The number of anilines is 4. The van der Waals surface area contributed by atoms with Gasteiger partial charge in [-0.2, -0.15) is 0 Å². The molecule has 328 valence electrons. The second kappa shape index (κ2) is 16.5. The van der Waals surface area contributed by atoms with E-state index >= 15 is 0 Å². The third-order valence-corrected chi connectivity index (χ3v) is 14.5. The number of aliphatic carboxylic acids is 1. The summed E-state index contributed by atoms with van der Waals surface area (Å²) in [7, 11) is 0. The van der Waals surface area contributed by atoms with Crippen LogP contribution in [-0.4, -0.2) is 111 Å². The van der Waals surface area contributed by atoms with E-state index in [2.05, 4.69) is 60.9 Å². The lowest BCUT2D eigenvalue weighted by Crippen LogP contribution is -2.45. The summed E-state index contributed by atoms with van der Waals surface area (Å²) in [4.78, 5) is 70.2. The molecule has 3 fully saturated rings. The Labute approximate surface area is 367 Å². The van der Waals surface area contributed by atoms with Crippen LogP contribution in [0.4, 0.5) is 23.0 Å². The van der Waals surface area contributed by atoms with Crippen molar-refractivity contribution in [1.82, 2.24) is 35.2 Å². The fraction of sp³-hybridized carbons (Fsp3) is 0.522. The molecule has 11 rings (SSSR count). The van der Waals surface area contributed by atoms with Gasteiger partial charge in [-0.1, -0.05) is 13.8 Å². The highest BCUT2D eigenvalue weighted by Gasteiger charge is 2.42. The molecule has 17 nitrogen and oxygen atoms in total. The fourth-order valence-corrected chi connectivity index (χ4v) is 10.5. The maximum absolute atomic E-state index is 11.7. The molecule has 17 heteroatoms. The number of amides is 1. The molecule has 4 aromatic rings. The molecule has 1 amide bonds. The van der Waals surface area contributed by atoms with E-state index in [4.69, 9.17) is 35.7 Å². The summed E-state index contributed by atoms with van der Waals surface area (Å²) < 4.78 is 0. The quantitative estimate of drug-likeness (QED) is 0.254. The SMILES string of the molecule is CC1CCN(C2=NCc3nc(N4CCC(CN)(CC(=O)O)CC4)cnc32)c2cccnc21.CC1CCN(C2=NCc3nc(N4CCC5(CC4)CNC(=O)C5)cnc32)c2cccnc21. The number of carbonyl (C=O) groups excluding carboxylic acids is 1. The van der Waals surface area contributed by atoms with Gasteiger partial charge in [-0.3, -0.25) is 29.5 Å². The number of amidine groups is 2. The Bertz CT molecular complexity index is 2480. The van der Waals surface area contributed by atoms with Crippen LogP contribution in [0.5, 0.6) is 0 Å². The third-order valence-electron chi connectivity index (χ3n) is 14.5. The summed E-state index contributed by atoms with van der Waals surface area (Å²) in [6.07, 6.45) is 13.8. The number of nitrogens with one attached hydrogen (secondary N) is 1. The second-order valence-electron chi connectivity index (χ2n) is 18.5. The monoisotopic (exact) mass is 852 g/mol. The summed E-state index contributed by atoms with van der Waals surface area (Å²) in [6.45, 7) is 11.9. The minimum Gasteiger partial charge on any atom is -0.481 e. The number of fused-ring (bicyclic) bond motifs is 4. The molecule has 0 saturated carbocycles. The Balaban J connectivity index is 0.000000150. The average molecular weight is 853 g/mol. The van der Waals surface area contributed by atoms with Crippen LogP contribution in [0, 0.1) is 10.8 Å². The standard InChI is InChI=1S/C23H29N7O2.C23H27N7O/c1-15-4-8-30(17-3-2-7-25-20(15)17)22-21-16(12-27-22)28-18(13-26-21)29-9-5-23(14-24,6-10-29)11-19(31)32;1-15-4-8-30(17-3-2-7-24-20(15)17)22-21-16(12-26-22)28-18(13-25-21)29-9-5-23(6-10-29)11-19(31)27-14-23/h2-3,7,13,15H,4-6,8-12,14,24H2,1H3,(H,31,32);2-3,7,13,15H,4-6,8-12,14H2,1H3,(H,27,31). The van der Waals surface area contributed by atoms with Crippen molar-refractivity contribution in [3.05, 3.63) is 83.2 Å². The first-order valence-electron chi connectivity index (χ1n) is 22.6. The maximum Gasteiger partial charge on any atom is 0.303 e. The number of piperidine rings is 2. The van der Waals surface area contributed by atoms with Gasteiger partial charge in [0.25, 0.3) is 0 Å². The molecule has 11 heterocycles. The van der Waals surface area contributed by atoms with Gasteiger partial charge >= 0.3 is 5.97 Å². The van der Waals surface area contributed by atoms with Gasteiger partial charge in [0.2, 0.25) is 5.91 Å². The molecule has 0 bridgehead atoms. The Morgan fingerprint density at radius 1 is 0.762 bits per heavy atom. The van der Waals surface area contributed by atoms with Gasteiger partial charge in [-0.05, 0) is 80.2 Å². The maximum atomic E-state index is 11.7. The van der Waals surface area contributed by atoms with Gasteiger partial charge in [0.05, 0.1) is 66.1 Å². The molecule has 63 heavy (non-hydrogen) atoms. The molecule has 1 spiro atoms. The number of pyridine rings is 2. The number of aromatic nitrogens is 6. The third kappa shape index (κ3) is 7.73. The summed E-state index contributed by atoms with van der Waals surface area (Å²) in [6, 6.07) is 8.20. The van der Waals surface area contributed by atoms with Crippen LogP contribution in [-0.2, 0) is 22.7 Å². The van der Waals surface area contributed by atoms with Crippen molar-refractivity contribution in [3.63, 3.8) is 0 Å². The summed E-state index contributed by atoms with van der Waals surface area (Å²) in [5.41, 5.74) is 13.8. The van der Waals surface area contributed by atoms with Gasteiger partial charge in [0.1, 0.15) is 23.0 Å². The molecule has 0 aromatic carbocycles. The zero-order chi connectivity index (χ0) is 43.3. The molecule has 7 aliphatic heterocycles. The van der Waals surface area contributed by atoms with Crippen molar-refractivity contribution >= 4 is 46.6 Å². The molecular weight excluding hydrogens is 797 g/mol. The van der Waals surface area contributed by atoms with Crippen molar-refractivity contribution in [1.29, 1.82) is 0 Å². The van der Waals surface area contributed by atoms with Crippen molar-refractivity contribution in [3.8, 4) is 0 Å². The Morgan fingerprint density at radius 2 is 1.27 bits per heavy atom.